The number of furan rings is 1. The van der Waals surface area contributed by atoms with Gasteiger partial charge in [-0.2, -0.15) is 0 Å². The van der Waals surface area contributed by atoms with Gasteiger partial charge in [-0.3, -0.25) is 4.79 Å². The van der Waals surface area contributed by atoms with Crippen molar-refractivity contribution in [3.8, 4) is 40.2 Å². The van der Waals surface area contributed by atoms with Gasteiger partial charge in [-0.15, -0.1) is 0 Å². The van der Waals surface area contributed by atoms with E-state index in [4.69, 9.17) is 18.6 Å². The number of hydrogen-bond donors (Lipinski definition) is 0. The van der Waals surface area contributed by atoms with E-state index in [1.807, 2.05) is 48.5 Å². The van der Waals surface area contributed by atoms with E-state index in [1.54, 1.807) is 26.5 Å². The lowest BCUT2D eigenvalue weighted by atomic mass is 9.97. The fourth-order valence-corrected chi connectivity index (χ4v) is 3.46. The zero-order chi connectivity index (χ0) is 21.8. The summed E-state index contributed by atoms with van der Waals surface area (Å²) < 4.78 is 21.9. The summed E-state index contributed by atoms with van der Waals surface area (Å²) in [4.78, 5) is 11.7. The van der Waals surface area contributed by atoms with Crippen molar-refractivity contribution in [3.63, 3.8) is 0 Å². The van der Waals surface area contributed by atoms with Gasteiger partial charge in [0.15, 0.2) is 11.9 Å². The van der Waals surface area contributed by atoms with Crippen LogP contribution in [0.5, 0.6) is 17.2 Å². The summed E-state index contributed by atoms with van der Waals surface area (Å²) in [7, 11) is 4.70. The molecule has 0 atom stereocenters. The molecule has 4 aromatic rings. The number of hydrogen-bond acceptors (Lipinski definition) is 5. The first-order chi connectivity index (χ1) is 15.2. The first-order valence-corrected chi connectivity index (χ1v) is 9.57. The van der Waals surface area contributed by atoms with Crippen LogP contribution in [0.1, 0.15) is 21.5 Å². The number of rotatable bonds is 5. The minimum Gasteiger partial charge on any atom is -0.497 e. The van der Waals surface area contributed by atoms with Gasteiger partial charge in [0, 0.05) is 28.3 Å². The van der Waals surface area contributed by atoms with Crippen molar-refractivity contribution < 1.29 is 23.4 Å². The molecular formula is C26H20O5. The number of ether oxygens (including phenoxy) is 3. The molecule has 0 aliphatic carbocycles. The lowest BCUT2D eigenvalue weighted by Crippen LogP contribution is -1.94. The van der Waals surface area contributed by atoms with Gasteiger partial charge in [0.1, 0.15) is 17.2 Å². The van der Waals surface area contributed by atoms with E-state index in [-0.39, 0.29) is 0 Å². The summed E-state index contributed by atoms with van der Waals surface area (Å²) in [5.41, 5.74) is 4.12. The highest BCUT2D eigenvalue weighted by Crippen LogP contribution is 2.42. The van der Waals surface area contributed by atoms with Crippen LogP contribution in [0.25, 0.3) is 22.1 Å². The fraction of sp³-hybridized carbons (Fsp3) is 0.115. The van der Waals surface area contributed by atoms with Crippen LogP contribution in [0.4, 0.5) is 0 Å². The molecule has 1 heterocycles. The van der Waals surface area contributed by atoms with E-state index < -0.39 is 0 Å². The molecule has 0 spiro atoms. The highest BCUT2D eigenvalue weighted by Gasteiger charge is 2.21. The van der Waals surface area contributed by atoms with Crippen LogP contribution in [0, 0.1) is 11.8 Å². The van der Waals surface area contributed by atoms with E-state index in [0.29, 0.717) is 28.0 Å². The molecule has 5 nitrogen and oxygen atoms in total. The molecule has 0 amide bonds. The van der Waals surface area contributed by atoms with Crippen molar-refractivity contribution in [2.75, 3.05) is 21.3 Å². The van der Waals surface area contributed by atoms with Crippen LogP contribution in [-0.2, 0) is 0 Å². The molecule has 1 aromatic heterocycles. The first-order valence-electron chi connectivity index (χ1n) is 9.57. The van der Waals surface area contributed by atoms with Crippen LogP contribution in [0.2, 0.25) is 0 Å². The molecule has 0 saturated carbocycles. The van der Waals surface area contributed by atoms with Gasteiger partial charge in [-0.25, -0.2) is 0 Å². The van der Waals surface area contributed by atoms with Crippen LogP contribution in [-0.4, -0.2) is 27.6 Å². The maximum Gasteiger partial charge on any atom is 0.157 e. The van der Waals surface area contributed by atoms with Gasteiger partial charge in [0.2, 0.25) is 0 Å². The molecule has 0 aliphatic heterocycles. The number of carbonyl (C=O) groups excluding carboxylic acids is 1. The van der Waals surface area contributed by atoms with E-state index in [2.05, 4.69) is 11.8 Å². The molecule has 5 heteroatoms. The summed E-state index contributed by atoms with van der Waals surface area (Å²) in [6, 6.07) is 17.0. The lowest BCUT2D eigenvalue weighted by molar-refractivity contribution is 0.112. The molecule has 4 rings (SSSR count). The Balaban J connectivity index is 1.87. The van der Waals surface area contributed by atoms with E-state index in [0.717, 1.165) is 34.3 Å². The molecule has 3 aromatic carbocycles. The van der Waals surface area contributed by atoms with Crippen molar-refractivity contribution >= 4 is 17.3 Å². The van der Waals surface area contributed by atoms with Gasteiger partial charge >= 0.3 is 0 Å². The summed E-state index contributed by atoms with van der Waals surface area (Å²) in [5, 5.41) is 0.698. The van der Waals surface area contributed by atoms with Crippen molar-refractivity contribution in [2.24, 2.45) is 0 Å². The fourth-order valence-electron chi connectivity index (χ4n) is 3.46. The van der Waals surface area contributed by atoms with Crippen LogP contribution >= 0.6 is 0 Å². The van der Waals surface area contributed by atoms with Crippen molar-refractivity contribution in [2.45, 2.75) is 0 Å². The van der Waals surface area contributed by atoms with Crippen molar-refractivity contribution in [3.05, 3.63) is 77.6 Å². The van der Waals surface area contributed by atoms with Crippen LogP contribution < -0.4 is 14.2 Å². The molecule has 0 aliphatic rings. The predicted molar refractivity (Wildman–Crippen MR) is 119 cm³/mol. The molecule has 0 radical (unpaired) electrons. The highest BCUT2D eigenvalue weighted by atomic mass is 16.5. The normalized spacial score (nSPS) is 10.3. The zero-order valence-corrected chi connectivity index (χ0v) is 17.4. The number of carbonyl (C=O) groups is 1. The Labute approximate surface area is 180 Å². The topological polar surface area (TPSA) is 57.9 Å². The summed E-state index contributed by atoms with van der Waals surface area (Å²) in [6.07, 6.45) is 2.34. The second kappa shape index (κ2) is 8.68. The number of fused-ring (bicyclic) bond motifs is 1. The Kier molecular flexibility index (Phi) is 5.63. The molecular weight excluding hydrogens is 392 g/mol. The van der Waals surface area contributed by atoms with Crippen molar-refractivity contribution in [1.82, 2.24) is 0 Å². The van der Waals surface area contributed by atoms with E-state index in [1.165, 1.54) is 7.11 Å². The minimum atomic E-state index is 0.339. The Morgan fingerprint density at radius 3 is 2.26 bits per heavy atom. The van der Waals surface area contributed by atoms with E-state index in [9.17, 15) is 4.79 Å². The van der Waals surface area contributed by atoms with Crippen LogP contribution in [0.3, 0.4) is 0 Å². The third kappa shape index (κ3) is 3.72. The monoisotopic (exact) mass is 412 g/mol. The first kappa shape index (κ1) is 20.1. The molecule has 0 unspecified atom stereocenters. The van der Waals surface area contributed by atoms with Gasteiger partial charge in [0.05, 0.1) is 38.5 Å². The molecule has 0 N–H and O–H groups in total. The summed E-state index contributed by atoms with van der Waals surface area (Å²) >= 11 is 0. The average molecular weight is 412 g/mol. The minimum absolute atomic E-state index is 0.339. The molecule has 0 bridgehead atoms. The molecule has 154 valence electrons. The van der Waals surface area contributed by atoms with Crippen LogP contribution in [0.15, 0.2) is 65.3 Å². The second-order valence-corrected chi connectivity index (χ2v) is 6.69. The largest absolute Gasteiger partial charge is 0.497 e. The molecule has 0 saturated heterocycles. The van der Waals surface area contributed by atoms with Gasteiger partial charge in [0.25, 0.3) is 0 Å². The standard InChI is InChI=1S/C26H20O5/c1-28-19-12-9-17(10-13-19)8-11-18-6-4-5-7-20(18)22-16-31-26-21(15-27)23(29-2)14-24(30-3)25(22)26/h4-7,9-10,12-16H,1-3H3. The lowest BCUT2D eigenvalue weighted by Gasteiger charge is -2.10. The Hall–Kier alpha value is -4.17. The number of aldehydes is 1. The van der Waals surface area contributed by atoms with Gasteiger partial charge < -0.3 is 18.6 Å². The van der Waals surface area contributed by atoms with Crippen molar-refractivity contribution in [1.29, 1.82) is 0 Å². The number of benzene rings is 3. The molecule has 31 heavy (non-hydrogen) atoms. The predicted octanol–water partition coefficient (Wildman–Crippen LogP) is 5.34. The Morgan fingerprint density at radius 1 is 0.839 bits per heavy atom. The van der Waals surface area contributed by atoms with E-state index >= 15 is 0 Å². The SMILES string of the molecule is COc1ccc(C#Cc2ccccc2-c2coc3c(C=O)c(OC)cc(OC)c23)cc1. The Morgan fingerprint density at radius 2 is 1.58 bits per heavy atom. The summed E-state index contributed by atoms with van der Waals surface area (Å²) in [5.74, 6) is 8.16. The number of methoxy groups -OCH3 is 3. The maximum atomic E-state index is 11.7. The Bertz CT molecular complexity index is 1300. The van der Waals surface area contributed by atoms with Gasteiger partial charge in [-0.05, 0) is 30.3 Å². The third-order valence-corrected chi connectivity index (χ3v) is 5.02. The third-order valence-electron chi connectivity index (χ3n) is 5.02. The maximum absolute atomic E-state index is 11.7. The quantitative estimate of drug-likeness (QED) is 0.327. The average Bonchev–Trinajstić information content (AvgIpc) is 3.27. The smallest absolute Gasteiger partial charge is 0.157 e. The zero-order valence-electron chi connectivity index (χ0n) is 17.4. The molecule has 0 fully saturated rings. The summed E-state index contributed by atoms with van der Waals surface area (Å²) in [6.45, 7) is 0. The second-order valence-electron chi connectivity index (χ2n) is 6.69. The highest BCUT2D eigenvalue weighted by molar-refractivity contribution is 6.07. The van der Waals surface area contributed by atoms with Gasteiger partial charge in [-0.1, -0.05) is 30.0 Å².